The summed E-state index contributed by atoms with van der Waals surface area (Å²) in [5.74, 6) is 2.25. The van der Waals surface area contributed by atoms with Gasteiger partial charge in [0.2, 0.25) is 11.8 Å². The summed E-state index contributed by atoms with van der Waals surface area (Å²) in [6.07, 6.45) is 2.32. The number of hydrogen-bond acceptors (Lipinski definition) is 6. The van der Waals surface area contributed by atoms with Crippen LogP contribution in [0.5, 0.6) is 5.75 Å². The maximum absolute atomic E-state index is 13.0. The van der Waals surface area contributed by atoms with Gasteiger partial charge in [0, 0.05) is 54.6 Å². The lowest BCUT2D eigenvalue weighted by Gasteiger charge is -2.33. The van der Waals surface area contributed by atoms with Gasteiger partial charge in [-0.2, -0.15) is 0 Å². The Bertz CT molecular complexity index is 909. The van der Waals surface area contributed by atoms with Gasteiger partial charge in [0.15, 0.2) is 0 Å². The number of aromatic nitrogens is 1. The summed E-state index contributed by atoms with van der Waals surface area (Å²) < 4.78 is 6.39. The molecule has 0 spiro atoms. The van der Waals surface area contributed by atoms with E-state index in [0.29, 0.717) is 18.2 Å². The first-order valence-electron chi connectivity index (χ1n) is 10.3. The van der Waals surface area contributed by atoms with Gasteiger partial charge in [-0.3, -0.25) is 9.59 Å². The van der Waals surface area contributed by atoms with Crippen molar-refractivity contribution < 1.29 is 14.3 Å². The number of piperidine rings is 1. The minimum absolute atomic E-state index is 0.00614. The van der Waals surface area contributed by atoms with E-state index < -0.39 is 0 Å². The zero-order valence-electron chi connectivity index (χ0n) is 17.4. The highest BCUT2D eigenvalue weighted by Crippen LogP contribution is 2.31. The molecule has 2 amide bonds. The zero-order chi connectivity index (χ0) is 21.1. The largest absolute Gasteiger partial charge is 0.497 e. The van der Waals surface area contributed by atoms with E-state index in [1.54, 1.807) is 23.3 Å². The summed E-state index contributed by atoms with van der Waals surface area (Å²) in [5, 5.41) is 2.08. The van der Waals surface area contributed by atoms with Crippen molar-refractivity contribution in [3.63, 3.8) is 0 Å². The van der Waals surface area contributed by atoms with Crippen LogP contribution in [0.3, 0.4) is 0 Å². The van der Waals surface area contributed by atoms with Crippen molar-refractivity contribution in [1.82, 2.24) is 9.88 Å². The number of nitrogens with zero attached hydrogens (tertiary/aromatic N) is 3. The first kappa shape index (κ1) is 21.2. The molecule has 2 fully saturated rings. The lowest BCUT2D eigenvalue weighted by molar-refractivity contribution is -0.137. The predicted molar refractivity (Wildman–Crippen MR) is 120 cm³/mol. The quantitative estimate of drug-likeness (QED) is 0.632. The second-order valence-corrected chi connectivity index (χ2v) is 10.1. The number of benzene rings is 1. The van der Waals surface area contributed by atoms with Gasteiger partial charge in [-0.1, -0.05) is 17.8 Å². The molecule has 2 aliphatic rings. The minimum atomic E-state index is -0.257. The average molecular weight is 446 g/mol. The number of thioether (sulfide) groups is 1. The smallest absolute Gasteiger partial charge is 0.228 e. The highest BCUT2D eigenvalue weighted by atomic mass is 32.2. The van der Waals surface area contributed by atoms with Gasteiger partial charge >= 0.3 is 0 Å². The van der Waals surface area contributed by atoms with Gasteiger partial charge in [-0.25, -0.2) is 4.98 Å². The maximum Gasteiger partial charge on any atom is 0.228 e. The summed E-state index contributed by atoms with van der Waals surface area (Å²) in [7, 11) is 1.61. The molecule has 6 nitrogen and oxygen atoms in total. The van der Waals surface area contributed by atoms with Crippen LogP contribution in [0.1, 0.15) is 25.0 Å². The second kappa shape index (κ2) is 9.39. The van der Waals surface area contributed by atoms with Crippen LogP contribution >= 0.6 is 23.1 Å². The first-order valence-corrected chi connectivity index (χ1v) is 12.2. The summed E-state index contributed by atoms with van der Waals surface area (Å²) >= 11 is 3.53. The molecule has 4 rings (SSSR count). The number of aryl methyl sites for hydroxylation is 1. The van der Waals surface area contributed by atoms with Crippen molar-refractivity contribution in [2.75, 3.05) is 37.4 Å². The van der Waals surface area contributed by atoms with Crippen LogP contribution in [-0.2, 0) is 9.59 Å². The van der Waals surface area contributed by atoms with E-state index in [9.17, 15) is 9.59 Å². The summed E-state index contributed by atoms with van der Waals surface area (Å²) in [4.78, 5) is 33.8. The second-order valence-electron chi connectivity index (χ2n) is 7.94. The third-order valence-electron chi connectivity index (χ3n) is 5.81. The van der Waals surface area contributed by atoms with Crippen LogP contribution in [0.4, 0.5) is 5.69 Å². The molecule has 0 saturated carbocycles. The number of hydrogen-bond donors (Lipinski definition) is 0. The van der Waals surface area contributed by atoms with Gasteiger partial charge in [-0.15, -0.1) is 11.3 Å². The molecule has 0 radical (unpaired) electrons. The third-order valence-corrected chi connectivity index (χ3v) is 8.18. The highest BCUT2D eigenvalue weighted by Gasteiger charge is 2.38. The number of carbonyl (C=O) groups is 2. The number of methoxy groups -OCH3 is 1. The number of anilines is 1. The van der Waals surface area contributed by atoms with Crippen molar-refractivity contribution in [2.24, 2.45) is 11.8 Å². The van der Waals surface area contributed by atoms with Crippen LogP contribution in [0.15, 0.2) is 34.0 Å². The number of amides is 2. The summed E-state index contributed by atoms with van der Waals surface area (Å²) in [5.41, 5.74) is 1.87. The fraction of sp³-hybridized carbons (Fsp3) is 0.500. The van der Waals surface area contributed by atoms with Crippen molar-refractivity contribution in [2.45, 2.75) is 30.5 Å². The molecule has 2 aliphatic heterocycles. The molecule has 3 heterocycles. The van der Waals surface area contributed by atoms with Gasteiger partial charge in [0.25, 0.3) is 0 Å². The van der Waals surface area contributed by atoms with Gasteiger partial charge in [0.05, 0.1) is 13.0 Å². The molecule has 0 N–H and O–H groups in total. The van der Waals surface area contributed by atoms with Crippen molar-refractivity contribution >= 4 is 40.6 Å². The van der Waals surface area contributed by atoms with Gasteiger partial charge in [0.1, 0.15) is 10.1 Å². The lowest BCUT2D eigenvalue weighted by atomic mass is 9.97. The van der Waals surface area contributed by atoms with Crippen LogP contribution in [0, 0.1) is 18.8 Å². The Kier molecular flexibility index (Phi) is 6.63. The number of rotatable bonds is 6. The Morgan fingerprint density at radius 2 is 2.13 bits per heavy atom. The fourth-order valence-electron chi connectivity index (χ4n) is 4.07. The monoisotopic (exact) mass is 445 g/mol. The molecule has 30 heavy (non-hydrogen) atoms. The lowest BCUT2D eigenvalue weighted by Crippen LogP contribution is -2.42. The van der Waals surface area contributed by atoms with Gasteiger partial charge in [-0.05, 0) is 37.8 Å². The molecule has 0 unspecified atom stereocenters. The molecule has 1 aromatic carbocycles. The van der Waals surface area contributed by atoms with E-state index in [4.69, 9.17) is 4.74 Å². The molecule has 2 aromatic rings. The standard InChI is InChI=1S/C22H27N3O3S2/c1-15-13-29-22(23-15)30-14-16-6-8-24(9-7-16)21(27)17-10-20(26)25(12-17)18-4-3-5-19(11-18)28-2/h3-5,11,13,16-17H,6-10,12,14H2,1-2H3/t17-/m1/s1. The van der Waals surface area contributed by atoms with E-state index in [-0.39, 0.29) is 24.2 Å². The van der Waals surface area contributed by atoms with Crippen molar-refractivity contribution in [3.8, 4) is 5.75 Å². The summed E-state index contributed by atoms with van der Waals surface area (Å²) in [6, 6.07) is 7.45. The number of thiazole rings is 1. The highest BCUT2D eigenvalue weighted by molar-refractivity contribution is 8.01. The number of carbonyl (C=O) groups excluding carboxylic acids is 2. The molecule has 1 aromatic heterocycles. The fourth-order valence-corrected chi connectivity index (χ4v) is 6.13. The third kappa shape index (κ3) is 4.81. The predicted octanol–water partition coefficient (Wildman–Crippen LogP) is 3.84. The Labute approximate surface area is 185 Å². The molecular weight excluding hydrogens is 418 g/mol. The first-order chi connectivity index (χ1) is 14.5. The molecule has 160 valence electrons. The van der Waals surface area contributed by atoms with Crippen LogP contribution in [-0.4, -0.2) is 54.2 Å². The van der Waals surface area contributed by atoms with E-state index in [2.05, 4.69) is 10.4 Å². The minimum Gasteiger partial charge on any atom is -0.497 e. The van der Waals surface area contributed by atoms with Crippen LogP contribution < -0.4 is 9.64 Å². The van der Waals surface area contributed by atoms with Gasteiger partial charge < -0.3 is 14.5 Å². The Morgan fingerprint density at radius 1 is 1.33 bits per heavy atom. The Balaban J connectivity index is 1.28. The Morgan fingerprint density at radius 3 is 2.83 bits per heavy atom. The number of ether oxygens (including phenoxy) is 1. The molecule has 2 saturated heterocycles. The zero-order valence-corrected chi connectivity index (χ0v) is 19.0. The number of likely N-dealkylation sites (tertiary alicyclic amines) is 1. The van der Waals surface area contributed by atoms with Crippen molar-refractivity contribution in [3.05, 3.63) is 35.3 Å². The van der Waals surface area contributed by atoms with E-state index in [0.717, 1.165) is 47.4 Å². The normalized spacial score (nSPS) is 20.1. The van der Waals surface area contributed by atoms with Crippen LogP contribution in [0.2, 0.25) is 0 Å². The molecule has 0 bridgehead atoms. The molecular formula is C22H27N3O3S2. The topological polar surface area (TPSA) is 62.7 Å². The molecule has 8 heteroatoms. The van der Waals surface area contributed by atoms with Crippen LogP contribution in [0.25, 0.3) is 0 Å². The Hall–Kier alpha value is -2.06. The van der Waals surface area contributed by atoms with E-state index >= 15 is 0 Å². The molecule has 0 aliphatic carbocycles. The van der Waals surface area contributed by atoms with E-state index in [1.807, 2.05) is 47.9 Å². The van der Waals surface area contributed by atoms with E-state index in [1.165, 1.54) is 0 Å². The average Bonchev–Trinajstić information content (AvgIpc) is 3.37. The SMILES string of the molecule is COc1cccc(N2C[C@H](C(=O)N3CCC(CSc4nc(C)cs4)CC3)CC2=O)c1. The maximum atomic E-state index is 13.0. The summed E-state index contributed by atoms with van der Waals surface area (Å²) in [6.45, 7) is 4.04. The van der Waals surface area contributed by atoms with Crippen molar-refractivity contribution in [1.29, 1.82) is 0 Å². The molecule has 1 atom stereocenters.